The third-order valence-corrected chi connectivity index (χ3v) is 4.99. The number of nitrogens with one attached hydrogen (secondary N) is 2. The molecular formula is C22H26ClN3O3. The normalized spacial score (nSPS) is 15.2. The Morgan fingerprint density at radius 2 is 1.93 bits per heavy atom. The highest BCUT2D eigenvalue weighted by Crippen LogP contribution is 2.38. The first kappa shape index (κ1) is 21.0. The van der Waals surface area contributed by atoms with Crippen molar-refractivity contribution in [2.75, 3.05) is 23.4 Å². The van der Waals surface area contributed by atoms with Crippen LogP contribution in [0.1, 0.15) is 32.8 Å². The third kappa shape index (κ3) is 5.01. The molecule has 0 aromatic heterocycles. The number of rotatable bonds is 5. The Morgan fingerprint density at radius 1 is 1.21 bits per heavy atom. The topological polar surface area (TPSA) is 70.7 Å². The van der Waals surface area contributed by atoms with Crippen molar-refractivity contribution in [2.45, 2.75) is 33.7 Å². The molecule has 7 heteroatoms. The molecule has 0 atom stereocenters. The molecule has 2 aromatic carbocycles. The van der Waals surface area contributed by atoms with Gasteiger partial charge in [0.05, 0.1) is 11.1 Å². The summed E-state index contributed by atoms with van der Waals surface area (Å²) in [6.07, 6.45) is 0.820. The Balaban J connectivity index is 1.73. The number of halogens is 1. The molecule has 0 aliphatic carbocycles. The van der Waals surface area contributed by atoms with Gasteiger partial charge in [0.15, 0.2) is 0 Å². The van der Waals surface area contributed by atoms with E-state index in [0.29, 0.717) is 41.8 Å². The summed E-state index contributed by atoms with van der Waals surface area (Å²) in [7, 11) is 0. The summed E-state index contributed by atoms with van der Waals surface area (Å²) in [4.78, 5) is 27.0. The lowest BCUT2D eigenvalue weighted by atomic mass is 9.93. The van der Waals surface area contributed by atoms with Gasteiger partial charge in [0.25, 0.3) is 0 Å². The summed E-state index contributed by atoms with van der Waals surface area (Å²) in [5.74, 6) is 0.659. The average Bonchev–Trinajstić information content (AvgIpc) is 2.78. The highest BCUT2D eigenvalue weighted by atomic mass is 35.5. The molecule has 2 N–H and O–H groups in total. The van der Waals surface area contributed by atoms with Gasteiger partial charge < -0.3 is 20.3 Å². The van der Waals surface area contributed by atoms with E-state index < -0.39 is 5.41 Å². The molecule has 0 saturated carbocycles. The minimum Gasteiger partial charge on any atom is -0.490 e. The summed E-state index contributed by atoms with van der Waals surface area (Å²) < 4.78 is 5.88. The molecule has 0 bridgehead atoms. The van der Waals surface area contributed by atoms with Crippen molar-refractivity contribution in [1.29, 1.82) is 0 Å². The molecule has 0 spiro atoms. The maximum Gasteiger partial charge on any atom is 0.319 e. The third-order valence-electron chi connectivity index (χ3n) is 4.73. The van der Waals surface area contributed by atoms with E-state index in [1.165, 1.54) is 0 Å². The van der Waals surface area contributed by atoms with E-state index in [1.54, 1.807) is 35.2 Å². The van der Waals surface area contributed by atoms with Crippen LogP contribution in [0.3, 0.4) is 0 Å². The van der Waals surface area contributed by atoms with Crippen LogP contribution < -0.4 is 20.3 Å². The summed E-state index contributed by atoms with van der Waals surface area (Å²) in [5, 5.41) is 6.29. The number of hydrogen-bond acceptors (Lipinski definition) is 3. The second kappa shape index (κ2) is 8.74. The first-order chi connectivity index (χ1) is 13.8. The first-order valence-corrected chi connectivity index (χ1v) is 10.1. The fraction of sp³-hybridized carbons (Fsp3) is 0.364. The van der Waals surface area contributed by atoms with Crippen molar-refractivity contribution in [3.05, 3.63) is 53.1 Å². The Labute approximate surface area is 176 Å². The summed E-state index contributed by atoms with van der Waals surface area (Å²) in [6.45, 7) is 7.07. The summed E-state index contributed by atoms with van der Waals surface area (Å²) in [5.41, 5.74) is 1.60. The number of nitrogens with zero attached hydrogens (tertiary/aromatic N) is 1. The quantitative estimate of drug-likeness (QED) is 0.735. The standard InChI is InChI=1S/C22H26ClN3O3/c1-4-11-26-18-12-17(9-10-19(18)29-14-22(2,3)20(26)27)25-21(28)24-13-15-5-7-16(23)8-6-15/h5-10,12H,4,11,13-14H2,1-3H3,(H2,24,25,28). The second-order valence-corrected chi connectivity index (χ2v) is 8.18. The van der Waals surface area contributed by atoms with Gasteiger partial charge in [-0.1, -0.05) is 30.7 Å². The number of hydrogen-bond donors (Lipinski definition) is 2. The van der Waals surface area contributed by atoms with Gasteiger partial charge in [0.2, 0.25) is 5.91 Å². The number of ether oxygens (including phenoxy) is 1. The molecule has 0 saturated heterocycles. The molecule has 3 rings (SSSR count). The molecule has 29 heavy (non-hydrogen) atoms. The Hall–Kier alpha value is -2.73. The predicted octanol–water partition coefficient (Wildman–Crippen LogP) is 4.82. The molecule has 0 unspecified atom stereocenters. The van der Waals surface area contributed by atoms with E-state index in [9.17, 15) is 9.59 Å². The zero-order valence-corrected chi connectivity index (χ0v) is 17.7. The van der Waals surface area contributed by atoms with Crippen LogP contribution in [0.4, 0.5) is 16.2 Å². The van der Waals surface area contributed by atoms with Gasteiger partial charge in [-0.15, -0.1) is 0 Å². The Kier molecular flexibility index (Phi) is 6.33. The van der Waals surface area contributed by atoms with Gasteiger partial charge in [-0.3, -0.25) is 4.79 Å². The highest BCUT2D eigenvalue weighted by molar-refractivity contribution is 6.30. The maximum absolute atomic E-state index is 13.0. The van der Waals surface area contributed by atoms with Crippen molar-refractivity contribution in [3.8, 4) is 5.75 Å². The molecule has 1 heterocycles. The van der Waals surface area contributed by atoms with E-state index in [0.717, 1.165) is 12.0 Å². The number of carbonyl (C=O) groups excluding carboxylic acids is 2. The van der Waals surface area contributed by atoms with E-state index in [1.807, 2.05) is 32.9 Å². The second-order valence-electron chi connectivity index (χ2n) is 7.75. The molecule has 6 nitrogen and oxygen atoms in total. The molecule has 3 amide bonds. The van der Waals surface area contributed by atoms with Gasteiger partial charge in [-0.05, 0) is 56.2 Å². The van der Waals surface area contributed by atoms with Gasteiger partial charge >= 0.3 is 6.03 Å². The van der Waals surface area contributed by atoms with Crippen LogP contribution in [0.15, 0.2) is 42.5 Å². The van der Waals surface area contributed by atoms with Crippen LogP contribution in [-0.2, 0) is 11.3 Å². The highest BCUT2D eigenvalue weighted by Gasteiger charge is 2.37. The molecule has 0 radical (unpaired) electrons. The zero-order valence-electron chi connectivity index (χ0n) is 16.9. The number of anilines is 2. The lowest BCUT2D eigenvalue weighted by Crippen LogP contribution is -2.42. The van der Waals surface area contributed by atoms with Crippen molar-refractivity contribution >= 4 is 34.9 Å². The van der Waals surface area contributed by atoms with Crippen LogP contribution in [0.2, 0.25) is 5.02 Å². The van der Waals surface area contributed by atoms with Crippen LogP contribution in [0.5, 0.6) is 5.75 Å². The number of benzene rings is 2. The van der Waals surface area contributed by atoms with Gasteiger partial charge in [0, 0.05) is 23.8 Å². The minimum atomic E-state index is -0.613. The van der Waals surface area contributed by atoms with Crippen molar-refractivity contribution in [3.63, 3.8) is 0 Å². The lowest BCUT2D eigenvalue weighted by Gasteiger charge is -2.27. The van der Waals surface area contributed by atoms with Crippen LogP contribution >= 0.6 is 11.6 Å². The van der Waals surface area contributed by atoms with Crippen LogP contribution in [0.25, 0.3) is 0 Å². The fourth-order valence-corrected chi connectivity index (χ4v) is 3.25. The number of urea groups is 1. The molecule has 1 aliphatic rings. The SMILES string of the molecule is CCCN1C(=O)C(C)(C)COc2ccc(NC(=O)NCc3ccc(Cl)cc3)cc21. The number of fused-ring (bicyclic) bond motifs is 1. The Morgan fingerprint density at radius 3 is 2.62 bits per heavy atom. The van der Waals surface area contributed by atoms with Crippen molar-refractivity contribution in [2.24, 2.45) is 5.41 Å². The Bertz CT molecular complexity index is 897. The van der Waals surface area contributed by atoms with Gasteiger partial charge in [-0.2, -0.15) is 0 Å². The van der Waals surface area contributed by atoms with E-state index in [2.05, 4.69) is 10.6 Å². The molecule has 0 fully saturated rings. The summed E-state index contributed by atoms with van der Waals surface area (Å²) >= 11 is 5.88. The monoisotopic (exact) mass is 415 g/mol. The van der Waals surface area contributed by atoms with Crippen LogP contribution in [-0.4, -0.2) is 25.1 Å². The lowest BCUT2D eigenvalue weighted by molar-refractivity contribution is -0.127. The zero-order chi connectivity index (χ0) is 21.0. The maximum atomic E-state index is 13.0. The van der Waals surface area contributed by atoms with Gasteiger partial charge in [-0.25, -0.2) is 4.79 Å². The number of amides is 3. The minimum absolute atomic E-state index is 0.0161. The van der Waals surface area contributed by atoms with E-state index in [4.69, 9.17) is 16.3 Å². The smallest absolute Gasteiger partial charge is 0.319 e. The van der Waals surface area contributed by atoms with Crippen LogP contribution in [0, 0.1) is 5.41 Å². The molecule has 2 aromatic rings. The molecule has 1 aliphatic heterocycles. The predicted molar refractivity (Wildman–Crippen MR) is 116 cm³/mol. The van der Waals surface area contributed by atoms with E-state index in [-0.39, 0.29) is 11.9 Å². The molecular weight excluding hydrogens is 390 g/mol. The molecule has 154 valence electrons. The van der Waals surface area contributed by atoms with Gasteiger partial charge in [0.1, 0.15) is 12.4 Å². The number of carbonyl (C=O) groups is 2. The average molecular weight is 416 g/mol. The van der Waals surface area contributed by atoms with Crippen molar-refractivity contribution < 1.29 is 14.3 Å². The summed E-state index contributed by atoms with van der Waals surface area (Å²) in [6, 6.07) is 12.3. The largest absolute Gasteiger partial charge is 0.490 e. The first-order valence-electron chi connectivity index (χ1n) is 9.68. The van der Waals surface area contributed by atoms with Crippen molar-refractivity contribution in [1.82, 2.24) is 5.32 Å². The fourth-order valence-electron chi connectivity index (χ4n) is 3.13. The van der Waals surface area contributed by atoms with E-state index >= 15 is 0 Å².